The van der Waals surface area contributed by atoms with Crippen molar-refractivity contribution in [2.75, 3.05) is 5.32 Å². The number of benzene rings is 2. The predicted molar refractivity (Wildman–Crippen MR) is 112 cm³/mol. The average molecular weight is 394 g/mol. The third-order valence-electron chi connectivity index (χ3n) is 5.69. The summed E-state index contributed by atoms with van der Waals surface area (Å²) in [5.74, 6) is -1.51. The first-order valence-electron chi connectivity index (χ1n) is 9.80. The largest absolute Gasteiger partial charge is 0.550 e. The summed E-state index contributed by atoms with van der Waals surface area (Å²) in [5, 5.41) is 13.1. The summed E-state index contributed by atoms with van der Waals surface area (Å²) in [4.78, 5) is 35.2. The molecule has 0 fully saturated rings. The topological polar surface area (TPSA) is 86.3 Å². The van der Waals surface area contributed by atoms with Gasteiger partial charge in [-0.3, -0.25) is 9.59 Å². The van der Waals surface area contributed by atoms with Gasteiger partial charge in [0, 0.05) is 30.1 Å². The van der Waals surface area contributed by atoms with Crippen molar-refractivity contribution >= 4 is 23.3 Å². The third-order valence-corrected chi connectivity index (χ3v) is 5.69. The summed E-state index contributed by atoms with van der Waals surface area (Å²) < 4.78 is 0. The Bertz CT molecular complexity index is 931. The van der Waals surface area contributed by atoms with Crippen molar-refractivity contribution < 1.29 is 19.5 Å². The lowest BCUT2D eigenvalue weighted by molar-refractivity contribution is -0.305. The monoisotopic (exact) mass is 394 g/mol. The van der Waals surface area contributed by atoms with Crippen molar-refractivity contribution in [3.63, 3.8) is 0 Å². The standard InChI is InChI=1S/C24H29NO4/c1-14-15(2)17(4)24(18(5)16(14)3)21(26)10-9-19-7-6-8-20(13-19)25-22(27)11-12-23(28)29/h6-8,13H,9-12H2,1-5H3,(H,25,27)(H,28,29)/p-1. The van der Waals surface area contributed by atoms with Crippen LogP contribution in [-0.4, -0.2) is 17.7 Å². The quantitative estimate of drug-likeness (QED) is 0.694. The molecule has 0 saturated heterocycles. The van der Waals surface area contributed by atoms with Crippen molar-refractivity contribution in [1.82, 2.24) is 0 Å². The molecular weight excluding hydrogens is 366 g/mol. The van der Waals surface area contributed by atoms with Crippen LogP contribution in [0.4, 0.5) is 5.69 Å². The van der Waals surface area contributed by atoms with Gasteiger partial charge in [-0.25, -0.2) is 0 Å². The minimum absolute atomic E-state index is 0.120. The highest BCUT2D eigenvalue weighted by Gasteiger charge is 2.18. The number of rotatable bonds is 8. The molecule has 0 aliphatic heterocycles. The molecule has 0 heterocycles. The van der Waals surface area contributed by atoms with E-state index in [2.05, 4.69) is 26.1 Å². The zero-order valence-corrected chi connectivity index (χ0v) is 17.8. The third kappa shape index (κ3) is 5.53. The van der Waals surface area contributed by atoms with E-state index in [9.17, 15) is 19.5 Å². The van der Waals surface area contributed by atoms with E-state index in [1.54, 1.807) is 6.07 Å². The second-order valence-electron chi connectivity index (χ2n) is 7.54. The van der Waals surface area contributed by atoms with E-state index in [0.29, 0.717) is 18.5 Å². The minimum atomic E-state index is -1.25. The molecule has 0 unspecified atom stereocenters. The molecule has 0 aliphatic carbocycles. The maximum Gasteiger partial charge on any atom is 0.224 e. The van der Waals surface area contributed by atoms with E-state index < -0.39 is 5.97 Å². The van der Waals surface area contributed by atoms with Gasteiger partial charge in [-0.15, -0.1) is 0 Å². The molecule has 0 aliphatic rings. The van der Waals surface area contributed by atoms with Gasteiger partial charge in [0.1, 0.15) is 0 Å². The van der Waals surface area contributed by atoms with Crippen molar-refractivity contribution in [2.45, 2.75) is 60.3 Å². The molecule has 1 N–H and O–H groups in total. The summed E-state index contributed by atoms with van der Waals surface area (Å²) >= 11 is 0. The van der Waals surface area contributed by atoms with E-state index >= 15 is 0 Å². The fraction of sp³-hybridized carbons (Fsp3) is 0.375. The second kappa shape index (κ2) is 9.50. The number of amides is 1. The smallest absolute Gasteiger partial charge is 0.224 e. The lowest BCUT2D eigenvalue weighted by Crippen LogP contribution is -2.24. The van der Waals surface area contributed by atoms with Crippen LogP contribution < -0.4 is 10.4 Å². The Morgan fingerprint density at radius 2 is 1.41 bits per heavy atom. The van der Waals surface area contributed by atoms with E-state index in [4.69, 9.17) is 0 Å². The van der Waals surface area contributed by atoms with E-state index in [1.165, 1.54) is 5.56 Å². The number of carbonyl (C=O) groups is 3. The first-order chi connectivity index (χ1) is 13.6. The van der Waals surface area contributed by atoms with Gasteiger partial charge in [0.15, 0.2) is 5.78 Å². The zero-order valence-electron chi connectivity index (χ0n) is 17.8. The molecule has 29 heavy (non-hydrogen) atoms. The molecule has 0 bridgehead atoms. The lowest BCUT2D eigenvalue weighted by atomic mass is 9.86. The molecule has 2 rings (SSSR count). The molecule has 154 valence electrons. The fourth-order valence-corrected chi connectivity index (χ4v) is 3.54. The summed E-state index contributed by atoms with van der Waals surface area (Å²) in [6.45, 7) is 10.2. The number of aryl methyl sites for hydroxylation is 1. The Morgan fingerprint density at radius 3 is 2.00 bits per heavy atom. The van der Waals surface area contributed by atoms with Crippen LogP contribution in [0.5, 0.6) is 0 Å². The van der Waals surface area contributed by atoms with E-state index in [-0.39, 0.29) is 24.5 Å². The number of nitrogens with one attached hydrogen (secondary N) is 1. The number of hydrogen-bond donors (Lipinski definition) is 1. The van der Waals surface area contributed by atoms with E-state index in [0.717, 1.165) is 33.4 Å². The second-order valence-corrected chi connectivity index (χ2v) is 7.54. The van der Waals surface area contributed by atoms with Gasteiger partial charge < -0.3 is 15.2 Å². The first-order valence-corrected chi connectivity index (χ1v) is 9.80. The van der Waals surface area contributed by atoms with Crippen molar-refractivity contribution in [3.05, 3.63) is 63.2 Å². The molecule has 0 saturated carbocycles. The van der Waals surface area contributed by atoms with Gasteiger partial charge in [0.05, 0.1) is 0 Å². The van der Waals surface area contributed by atoms with Crippen LogP contribution in [0.25, 0.3) is 0 Å². The van der Waals surface area contributed by atoms with Gasteiger partial charge >= 0.3 is 0 Å². The van der Waals surface area contributed by atoms with Gasteiger partial charge in [-0.2, -0.15) is 0 Å². The van der Waals surface area contributed by atoms with Crippen molar-refractivity contribution in [3.8, 4) is 0 Å². The predicted octanol–water partition coefficient (Wildman–Crippen LogP) is 3.51. The normalized spacial score (nSPS) is 10.7. The number of hydrogen-bond acceptors (Lipinski definition) is 4. The Hall–Kier alpha value is -2.95. The maximum atomic E-state index is 13.0. The van der Waals surface area contributed by atoms with Crippen LogP contribution in [-0.2, 0) is 16.0 Å². The van der Waals surface area contributed by atoms with Crippen molar-refractivity contribution in [2.24, 2.45) is 0 Å². The Labute approximate surface area is 172 Å². The summed E-state index contributed by atoms with van der Waals surface area (Å²) in [5.41, 5.74) is 8.00. The van der Waals surface area contributed by atoms with Gasteiger partial charge in [0.2, 0.25) is 5.91 Å². The summed E-state index contributed by atoms with van der Waals surface area (Å²) in [7, 11) is 0. The molecule has 0 radical (unpaired) electrons. The van der Waals surface area contributed by atoms with Crippen LogP contribution in [0.15, 0.2) is 24.3 Å². The van der Waals surface area contributed by atoms with Crippen LogP contribution in [0.3, 0.4) is 0 Å². The number of aliphatic carboxylic acids is 1. The Kier molecular flexibility index (Phi) is 7.32. The SMILES string of the molecule is Cc1c(C)c(C)c(C(=O)CCc2cccc(NC(=O)CCC(=O)[O-])c2)c(C)c1C. The number of anilines is 1. The highest BCUT2D eigenvalue weighted by Crippen LogP contribution is 2.27. The minimum Gasteiger partial charge on any atom is -0.550 e. The van der Waals surface area contributed by atoms with Crippen LogP contribution >= 0.6 is 0 Å². The fourth-order valence-electron chi connectivity index (χ4n) is 3.54. The molecule has 5 nitrogen and oxygen atoms in total. The molecule has 0 spiro atoms. The highest BCUT2D eigenvalue weighted by molar-refractivity contribution is 5.99. The number of carboxylic acids is 1. The van der Waals surface area contributed by atoms with Crippen LogP contribution in [0.2, 0.25) is 0 Å². The molecule has 5 heteroatoms. The average Bonchev–Trinajstić information content (AvgIpc) is 2.68. The Morgan fingerprint density at radius 1 is 0.828 bits per heavy atom. The molecule has 0 atom stereocenters. The molecule has 1 amide bonds. The number of carboxylic acid groups (broad SMARTS) is 1. The van der Waals surface area contributed by atoms with Crippen molar-refractivity contribution in [1.29, 1.82) is 0 Å². The van der Waals surface area contributed by atoms with Gasteiger partial charge in [-0.1, -0.05) is 12.1 Å². The zero-order chi connectivity index (χ0) is 21.7. The number of carbonyl (C=O) groups excluding carboxylic acids is 3. The van der Waals surface area contributed by atoms with E-state index in [1.807, 2.05) is 32.0 Å². The maximum absolute atomic E-state index is 13.0. The summed E-state index contributed by atoms with van der Waals surface area (Å²) in [6, 6.07) is 7.28. The highest BCUT2D eigenvalue weighted by atomic mass is 16.4. The summed E-state index contributed by atoms with van der Waals surface area (Å²) in [6.07, 6.45) is 0.502. The Balaban J connectivity index is 2.08. The van der Waals surface area contributed by atoms with Crippen LogP contribution in [0.1, 0.15) is 63.0 Å². The number of ketones is 1. The van der Waals surface area contributed by atoms with Crippen LogP contribution in [0, 0.1) is 34.6 Å². The van der Waals surface area contributed by atoms with Gasteiger partial charge in [0.25, 0.3) is 0 Å². The molecular formula is C24H28NO4-. The first kappa shape index (κ1) is 22.3. The molecule has 2 aromatic rings. The molecule has 0 aromatic heterocycles. The van der Waals surface area contributed by atoms with Gasteiger partial charge in [-0.05, 0) is 93.0 Å². The number of Topliss-reactive ketones (excluding diaryl/α,β-unsaturated/α-hetero) is 1. The molecule has 2 aromatic carbocycles. The lowest BCUT2D eigenvalue weighted by Gasteiger charge is -2.18.